The summed E-state index contributed by atoms with van der Waals surface area (Å²) in [5.74, 6) is -0.0483. The number of carbonyl (C=O) groups is 1. The van der Waals surface area contributed by atoms with Gasteiger partial charge in [0.25, 0.3) is 5.91 Å². The van der Waals surface area contributed by atoms with E-state index in [0.717, 1.165) is 5.56 Å². The van der Waals surface area contributed by atoms with Crippen LogP contribution < -0.4 is 10.2 Å². The van der Waals surface area contributed by atoms with Gasteiger partial charge in [0.2, 0.25) is 0 Å². The van der Waals surface area contributed by atoms with E-state index in [4.69, 9.17) is 4.74 Å². The largest absolute Gasteiger partial charge is 0.508 e. The number of phenols is 2. The van der Waals surface area contributed by atoms with Crippen molar-refractivity contribution < 1.29 is 19.7 Å². The summed E-state index contributed by atoms with van der Waals surface area (Å²) in [6.45, 7) is 1.96. The Labute approximate surface area is 162 Å². The maximum Gasteiger partial charge on any atom is 0.275 e. The number of nitrogens with zero attached hydrogens (tertiary/aromatic N) is 1. The maximum atomic E-state index is 12.6. The number of para-hydroxylation sites is 1. The Morgan fingerprint density at radius 2 is 1.68 bits per heavy atom. The van der Waals surface area contributed by atoms with E-state index in [9.17, 15) is 15.0 Å². The van der Waals surface area contributed by atoms with Gasteiger partial charge >= 0.3 is 0 Å². The number of hydrogen-bond donors (Lipinski definition) is 3. The Bertz CT molecular complexity index is 1000. The van der Waals surface area contributed by atoms with Crippen LogP contribution in [0.5, 0.6) is 17.2 Å². The predicted molar refractivity (Wildman–Crippen MR) is 107 cm³/mol. The van der Waals surface area contributed by atoms with E-state index in [1.807, 2.05) is 30.3 Å². The van der Waals surface area contributed by atoms with Crippen molar-refractivity contribution in [3.8, 4) is 17.2 Å². The van der Waals surface area contributed by atoms with Crippen LogP contribution in [0.2, 0.25) is 0 Å². The first-order chi connectivity index (χ1) is 13.5. The summed E-state index contributed by atoms with van der Waals surface area (Å²) < 4.78 is 5.79. The van der Waals surface area contributed by atoms with Crippen molar-refractivity contribution in [1.29, 1.82) is 0 Å². The number of benzene rings is 3. The molecule has 0 aliphatic carbocycles. The standard InChI is InChI=1S/C22H20N2O4/c1-15(19-13-17(25)11-12-20(19)26)23-24-22(27)18-9-5-6-10-21(18)28-14-16-7-3-2-4-8-16/h2-13,25-26H,14H2,1H3,(H,24,27)/b23-15-. The number of amides is 1. The van der Waals surface area contributed by atoms with Crippen molar-refractivity contribution in [2.75, 3.05) is 0 Å². The van der Waals surface area contributed by atoms with Crippen LogP contribution in [0.1, 0.15) is 28.4 Å². The number of carbonyl (C=O) groups excluding carboxylic acids is 1. The van der Waals surface area contributed by atoms with Crippen LogP contribution in [0.15, 0.2) is 77.9 Å². The van der Waals surface area contributed by atoms with Crippen LogP contribution in [0.25, 0.3) is 0 Å². The summed E-state index contributed by atoms with van der Waals surface area (Å²) in [6.07, 6.45) is 0. The van der Waals surface area contributed by atoms with Crippen molar-refractivity contribution in [2.45, 2.75) is 13.5 Å². The van der Waals surface area contributed by atoms with Gasteiger partial charge in [0.05, 0.1) is 11.3 Å². The normalized spacial score (nSPS) is 11.1. The van der Waals surface area contributed by atoms with Gasteiger partial charge in [0.1, 0.15) is 23.9 Å². The molecule has 0 heterocycles. The zero-order chi connectivity index (χ0) is 19.9. The van der Waals surface area contributed by atoms with Crippen LogP contribution in [0.3, 0.4) is 0 Å². The first kappa shape index (κ1) is 19.0. The van der Waals surface area contributed by atoms with Crippen molar-refractivity contribution in [3.05, 3.63) is 89.5 Å². The van der Waals surface area contributed by atoms with Gasteiger partial charge in [-0.3, -0.25) is 4.79 Å². The highest BCUT2D eigenvalue weighted by Crippen LogP contribution is 2.23. The van der Waals surface area contributed by atoms with Gasteiger partial charge in [-0.15, -0.1) is 0 Å². The fraction of sp³-hybridized carbons (Fsp3) is 0.0909. The topological polar surface area (TPSA) is 91.2 Å². The molecule has 0 bridgehead atoms. The highest BCUT2D eigenvalue weighted by Gasteiger charge is 2.13. The molecule has 0 aliphatic rings. The summed E-state index contributed by atoms with van der Waals surface area (Å²) >= 11 is 0. The van der Waals surface area contributed by atoms with E-state index < -0.39 is 5.91 Å². The Hall–Kier alpha value is -3.80. The van der Waals surface area contributed by atoms with Gasteiger partial charge in [0, 0.05) is 5.56 Å². The third kappa shape index (κ3) is 4.67. The van der Waals surface area contributed by atoms with E-state index in [0.29, 0.717) is 29.2 Å². The van der Waals surface area contributed by atoms with Crippen LogP contribution in [0, 0.1) is 0 Å². The SMILES string of the molecule is C/C(=N/NC(=O)c1ccccc1OCc1ccccc1)c1cc(O)ccc1O. The lowest BCUT2D eigenvalue weighted by molar-refractivity contribution is 0.0950. The Morgan fingerprint density at radius 1 is 0.964 bits per heavy atom. The van der Waals surface area contributed by atoms with E-state index in [1.54, 1.807) is 31.2 Å². The zero-order valence-electron chi connectivity index (χ0n) is 15.3. The highest BCUT2D eigenvalue weighted by atomic mass is 16.5. The predicted octanol–water partition coefficient (Wildman–Crippen LogP) is 3.83. The van der Waals surface area contributed by atoms with Gasteiger partial charge in [-0.05, 0) is 42.8 Å². The molecule has 0 aromatic heterocycles. The Morgan fingerprint density at radius 3 is 2.46 bits per heavy atom. The monoisotopic (exact) mass is 376 g/mol. The second kappa shape index (κ2) is 8.73. The minimum absolute atomic E-state index is 0.00617. The van der Waals surface area contributed by atoms with Crippen molar-refractivity contribution in [3.63, 3.8) is 0 Å². The number of rotatable bonds is 6. The van der Waals surface area contributed by atoms with Crippen LogP contribution in [-0.2, 0) is 6.61 Å². The molecule has 3 N–H and O–H groups in total. The molecular weight excluding hydrogens is 356 g/mol. The Balaban J connectivity index is 1.73. The molecule has 0 fully saturated rings. The van der Waals surface area contributed by atoms with Gasteiger partial charge < -0.3 is 14.9 Å². The molecule has 0 aliphatic heterocycles. The van der Waals surface area contributed by atoms with Crippen LogP contribution >= 0.6 is 0 Å². The van der Waals surface area contributed by atoms with E-state index >= 15 is 0 Å². The lowest BCUT2D eigenvalue weighted by Crippen LogP contribution is -2.20. The number of aromatic hydroxyl groups is 2. The molecule has 3 aromatic rings. The van der Waals surface area contributed by atoms with Crippen LogP contribution in [0.4, 0.5) is 0 Å². The number of hydrazone groups is 1. The lowest BCUT2D eigenvalue weighted by atomic mass is 10.1. The summed E-state index contributed by atoms with van der Waals surface area (Å²) in [6, 6.07) is 20.6. The van der Waals surface area contributed by atoms with E-state index in [1.165, 1.54) is 18.2 Å². The van der Waals surface area contributed by atoms with Gasteiger partial charge in [-0.2, -0.15) is 5.10 Å². The molecule has 1 amide bonds. The summed E-state index contributed by atoms with van der Waals surface area (Å²) in [5, 5.41) is 23.5. The first-order valence-electron chi connectivity index (χ1n) is 8.67. The number of ether oxygens (including phenoxy) is 1. The number of hydrogen-bond acceptors (Lipinski definition) is 5. The molecule has 0 spiro atoms. The lowest BCUT2D eigenvalue weighted by Gasteiger charge is -2.11. The second-order valence-electron chi connectivity index (χ2n) is 6.11. The molecule has 3 rings (SSSR count). The summed E-state index contributed by atoms with van der Waals surface area (Å²) in [7, 11) is 0. The first-order valence-corrected chi connectivity index (χ1v) is 8.67. The molecule has 6 heteroatoms. The summed E-state index contributed by atoms with van der Waals surface area (Å²) in [4.78, 5) is 12.6. The average molecular weight is 376 g/mol. The minimum atomic E-state index is -0.442. The number of nitrogens with one attached hydrogen (secondary N) is 1. The van der Waals surface area contributed by atoms with Gasteiger partial charge in [-0.1, -0.05) is 42.5 Å². The fourth-order valence-corrected chi connectivity index (χ4v) is 2.58. The van der Waals surface area contributed by atoms with Gasteiger partial charge in [0.15, 0.2) is 0 Å². The Kier molecular flexibility index (Phi) is 5.91. The second-order valence-corrected chi connectivity index (χ2v) is 6.11. The third-order valence-corrected chi connectivity index (χ3v) is 4.06. The van der Waals surface area contributed by atoms with Crippen molar-refractivity contribution in [2.24, 2.45) is 5.10 Å². The molecule has 0 saturated heterocycles. The quantitative estimate of drug-likeness (QED) is 0.346. The third-order valence-electron chi connectivity index (χ3n) is 4.06. The molecule has 0 saturated carbocycles. The summed E-state index contributed by atoms with van der Waals surface area (Å²) in [5.41, 5.74) is 4.47. The molecule has 6 nitrogen and oxygen atoms in total. The smallest absolute Gasteiger partial charge is 0.275 e. The number of phenolic OH excluding ortho intramolecular Hbond substituents is 2. The van der Waals surface area contributed by atoms with E-state index in [-0.39, 0.29) is 11.5 Å². The molecule has 0 atom stereocenters. The molecule has 0 radical (unpaired) electrons. The van der Waals surface area contributed by atoms with Crippen molar-refractivity contribution >= 4 is 11.6 Å². The highest BCUT2D eigenvalue weighted by molar-refractivity contribution is 6.03. The van der Waals surface area contributed by atoms with E-state index in [2.05, 4.69) is 10.5 Å². The van der Waals surface area contributed by atoms with Crippen LogP contribution in [-0.4, -0.2) is 21.8 Å². The zero-order valence-corrected chi connectivity index (χ0v) is 15.3. The molecule has 142 valence electrons. The molecule has 28 heavy (non-hydrogen) atoms. The maximum absolute atomic E-state index is 12.6. The average Bonchev–Trinajstić information content (AvgIpc) is 2.73. The molecule has 3 aromatic carbocycles. The van der Waals surface area contributed by atoms with Crippen molar-refractivity contribution in [1.82, 2.24) is 5.43 Å². The molecule has 0 unspecified atom stereocenters. The van der Waals surface area contributed by atoms with Gasteiger partial charge in [-0.25, -0.2) is 5.43 Å². The minimum Gasteiger partial charge on any atom is -0.508 e. The molecular formula is C22H20N2O4. The fourth-order valence-electron chi connectivity index (χ4n) is 2.58.